The quantitative estimate of drug-likeness (QED) is 0.730. The number of amides is 1. The number of nitrogens with zero attached hydrogens (tertiary/aromatic N) is 3. The predicted octanol–water partition coefficient (Wildman–Crippen LogP) is 3.23. The summed E-state index contributed by atoms with van der Waals surface area (Å²) < 4.78 is 7.29. The van der Waals surface area contributed by atoms with Crippen LogP contribution in [-0.4, -0.2) is 39.6 Å². The first-order chi connectivity index (χ1) is 11.9. The topological polar surface area (TPSA) is 69.0 Å². The Kier molecular flexibility index (Phi) is 6.87. The molecule has 0 saturated heterocycles. The zero-order valence-corrected chi connectivity index (χ0v) is 16.3. The molecule has 6 nitrogen and oxygen atoms in total. The minimum atomic E-state index is 0.00472. The molecule has 0 aliphatic rings. The standard InChI is InChI=1S/C18H26N4O2S/c1-12(2)10-22-17(14-6-8-15(24-5)9-7-14)20-21-18(22)25-11-16(23)19-13(3)4/h6-9,12-13H,10-11H2,1-5H3,(H,19,23). The Morgan fingerprint density at radius 3 is 2.44 bits per heavy atom. The third-order valence-electron chi connectivity index (χ3n) is 3.39. The number of thioether (sulfide) groups is 1. The number of rotatable bonds is 8. The lowest BCUT2D eigenvalue weighted by atomic mass is 10.2. The number of hydrogen-bond acceptors (Lipinski definition) is 5. The van der Waals surface area contributed by atoms with E-state index < -0.39 is 0 Å². The summed E-state index contributed by atoms with van der Waals surface area (Å²) in [5, 5.41) is 12.3. The van der Waals surface area contributed by atoms with Gasteiger partial charge in [-0.2, -0.15) is 0 Å². The zero-order valence-electron chi connectivity index (χ0n) is 15.4. The molecule has 1 N–H and O–H groups in total. The number of benzene rings is 1. The molecule has 136 valence electrons. The van der Waals surface area contributed by atoms with Crippen molar-refractivity contribution in [1.82, 2.24) is 20.1 Å². The zero-order chi connectivity index (χ0) is 18.4. The van der Waals surface area contributed by atoms with Gasteiger partial charge in [-0.1, -0.05) is 25.6 Å². The maximum absolute atomic E-state index is 11.9. The van der Waals surface area contributed by atoms with Crippen LogP contribution in [0.4, 0.5) is 0 Å². The Morgan fingerprint density at radius 1 is 1.20 bits per heavy atom. The van der Waals surface area contributed by atoms with Gasteiger partial charge in [0.15, 0.2) is 11.0 Å². The van der Waals surface area contributed by atoms with E-state index in [0.717, 1.165) is 28.8 Å². The molecule has 2 rings (SSSR count). The minimum absolute atomic E-state index is 0.00472. The van der Waals surface area contributed by atoms with Gasteiger partial charge < -0.3 is 14.6 Å². The smallest absolute Gasteiger partial charge is 0.230 e. The summed E-state index contributed by atoms with van der Waals surface area (Å²) in [5.41, 5.74) is 0.979. The fourth-order valence-corrected chi connectivity index (χ4v) is 3.13. The molecule has 0 unspecified atom stereocenters. The summed E-state index contributed by atoms with van der Waals surface area (Å²) in [6, 6.07) is 7.90. The molecule has 0 bridgehead atoms. The molecule has 1 aromatic heterocycles. The lowest BCUT2D eigenvalue weighted by molar-refractivity contribution is -0.119. The normalized spacial score (nSPS) is 11.2. The Hall–Kier alpha value is -2.02. The fourth-order valence-electron chi connectivity index (χ4n) is 2.37. The monoisotopic (exact) mass is 362 g/mol. The molecule has 25 heavy (non-hydrogen) atoms. The van der Waals surface area contributed by atoms with E-state index >= 15 is 0 Å². The minimum Gasteiger partial charge on any atom is -0.497 e. The molecule has 7 heteroatoms. The van der Waals surface area contributed by atoms with Gasteiger partial charge in [-0.25, -0.2) is 0 Å². The highest BCUT2D eigenvalue weighted by atomic mass is 32.2. The highest BCUT2D eigenvalue weighted by molar-refractivity contribution is 7.99. The van der Waals surface area contributed by atoms with Gasteiger partial charge in [0.05, 0.1) is 12.9 Å². The Labute approximate surface area is 153 Å². The van der Waals surface area contributed by atoms with Crippen LogP contribution in [0.3, 0.4) is 0 Å². The van der Waals surface area contributed by atoms with Gasteiger partial charge in [-0.3, -0.25) is 4.79 Å². The Balaban J connectivity index is 2.22. The molecule has 2 aromatic rings. The average Bonchev–Trinajstić information content (AvgIpc) is 2.94. The number of nitrogens with one attached hydrogen (secondary N) is 1. The van der Waals surface area contributed by atoms with Crippen molar-refractivity contribution < 1.29 is 9.53 Å². The van der Waals surface area contributed by atoms with E-state index in [4.69, 9.17) is 4.74 Å². The summed E-state index contributed by atoms with van der Waals surface area (Å²) in [6.45, 7) is 9.00. The van der Waals surface area contributed by atoms with Crippen molar-refractivity contribution in [1.29, 1.82) is 0 Å². The number of aromatic nitrogens is 3. The molecule has 0 radical (unpaired) electrons. The van der Waals surface area contributed by atoms with Crippen LogP contribution in [0.5, 0.6) is 5.75 Å². The summed E-state index contributed by atoms with van der Waals surface area (Å²) >= 11 is 1.41. The Bertz CT molecular complexity index is 696. The van der Waals surface area contributed by atoms with Crippen molar-refractivity contribution in [2.75, 3.05) is 12.9 Å². The van der Waals surface area contributed by atoms with Gasteiger partial charge in [0.2, 0.25) is 5.91 Å². The van der Waals surface area contributed by atoms with E-state index in [0.29, 0.717) is 11.7 Å². The molecule has 0 spiro atoms. The summed E-state index contributed by atoms with van der Waals surface area (Å²) in [6.07, 6.45) is 0. The number of hydrogen-bond donors (Lipinski definition) is 1. The van der Waals surface area contributed by atoms with Crippen molar-refractivity contribution in [2.24, 2.45) is 5.92 Å². The predicted molar refractivity (Wildman–Crippen MR) is 101 cm³/mol. The highest BCUT2D eigenvalue weighted by Gasteiger charge is 2.17. The first kappa shape index (κ1) is 19.3. The van der Waals surface area contributed by atoms with Gasteiger partial charge in [0, 0.05) is 18.2 Å². The largest absolute Gasteiger partial charge is 0.497 e. The number of carbonyl (C=O) groups excluding carboxylic acids is 1. The van der Waals surface area contributed by atoms with E-state index in [2.05, 4.69) is 33.9 Å². The maximum Gasteiger partial charge on any atom is 0.230 e. The second kappa shape index (κ2) is 8.89. The summed E-state index contributed by atoms with van der Waals surface area (Å²) in [5.74, 6) is 2.39. The van der Waals surface area contributed by atoms with E-state index in [-0.39, 0.29) is 11.9 Å². The molecule has 0 aliphatic heterocycles. The van der Waals surface area contributed by atoms with Gasteiger partial charge in [-0.05, 0) is 44.0 Å². The first-order valence-electron chi connectivity index (χ1n) is 8.40. The van der Waals surface area contributed by atoms with Gasteiger partial charge >= 0.3 is 0 Å². The Morgan fingerprint density at radius 2 is 1.88 bits per heavy atom. The molecule has 1 amide bonds. The van der Waals surface area contributed by atoms with E-state index in [1.807, 2.05) is 38.1 Å². The second-order valence-corrected chi connectivity index (χ2v) is 7.49. The van der Waals surface area contributed by atoms with Crippen LogP contribution in [0, 0.1) is 5.92 Å². The van der Waals surface area contributed by atoms with Crippen molar-refractivity contribution in [3.63, 3.8) is 0 Å². The molecule has 1 aromatic carbocycles. The van der Waals surface area contributed by atoms with Crippen LogP contribution in [0.15, 0.2) is 29.4 Å². The first-order valence-corrected chi connectivity index (χ1v) is 9.39. The van der Waals surface area contributed by atoms with Crippen molar-refractivity contribution >= 4 is 17.7 Å². The third kappa shape index (κ3) is 5.49. The number of ether oxygens (including phenoxy) is 1. The van der Waals surface area contributed by atoms with Crippen molar-refractivity contribution in [3.8, 4) is 17.1 Å². The van der Waals surface area contributed by atoms with Crippen LogP contribution in [-0.2, 0) is 11.3 Å². The maximum atomic E-state index is 11.9. The summed E-state index contributed by atoms with van der Waals surface area (Å²) in [7, 11) is 1.65. The average molecular weight is 362 g/mol. The van der Waals surface area contributed by atoms with E-state index in [1.165, 1.54) is 11.8 Å². The van der Waals surface area contributed by atoms with Gasteiger partial charge in [0.1, 0.15) is 5.75 Å². The number of methoxy groups -OCH3 is 1. The third-order valence-corrected chi connectivity index (χ3v) is 4.36. The van der Waals surface area contributed by atoms with Crippen molar-refractivity contribution in [3.05, 3.63) is 24.3 Å². The van der Waals surface area contributed by atoms with Crippen LogP contribution >= 0.6 is 11.8 Å². The van der Waals surface area contributed by atoms with Crippen LogP contribution in [0.2, 0.25) is 0 Å². The molecular formula is C18H26N4O2S. The lowest BCUT2D eigenvalue weighted by Crippen LogP contribution is -2.31. The van der Waals surface area contributed by atoms with Crippen LogP contribution < -0.4 is 10.1 Å². The van der Waals surface area contributed by atoms with Gasteiger partial charge in [0.25, 0.3) is 0 Å². The molecule has 0 fully saturated rings. The highest BCUT2D eigenvalue weighted by Crippen LogP contribution is 2.26. The van der Waals surface area contributed by atoms with E-state index in [9.17, 15) is 4.79 Å². The molecular weight excluding hydrogens is 336 g/mol. The second-order valence-electron chi connectivity index (χ2n) is 6.55. The van der Waals surface area contributed by atoms with Crippen LogP contribution in [0.25, 0.3) is 11.4 Å². The SMILES string of the molecule is COc1ccc(-c2nnc(SCC(=O)NC(C)C)n2CC(C)C)cc1. The fraction of sp³-hybridized carbons (Fsp3) is 0.500. The molecule has 0 atom stereocenters. The number of carbonyl (C=O) groups is 1. The molecule has 1 heterocycles. The molecule has 0 saturated carbocycles. The van der Waals surface area contributed by atoms with E-state index in [1.54, 1.807) is 7.11 Å². The molecule has 0 aliphatic carbocycles. The van der Waals surface area contributed by atoms with Gasteiger partial charge in [-0.15, -0.1) is 10.2 Å². The summed E-state index contributed by atoms with van der Waals surface area (Å²) in [4.78, 5) is 11.9. The van der Waals surface area contributed by atoms with Crippen LogP contribution in [0.1, 0.15) is 27.7 Å². The lowest BCUT2D eigenvalue weighted by Gasteiger charge is -2.13. The van der Waals surface area contributed by atoms with Crippen molar-refractivity contribution in [2.45, 2.75) is 45.4 Å².